The van der Waals surface area contributed by atoms with Gasteiger partial charge in [-0.1, -0.05) is 31.2 Å². The second kappa shape index (κ2) is 6.73. The number of furan rings is 1. The summed E-state index contributed by atoms with van der Waals surface area (Å²) in [4.78, 5) is 2.28. The Morgan fingerprint density at radius 1 is 1.20 bits per heavy atom. The molecule has 3 heteroatoms. The number of nitrogens with two attached hydrogens (primary N) is 1. The monoisotopic (exact) mass is 272 g/mol. The number of hydrogen-bond donors (Lipinski definition) is 1. The lowest BCUT2D eigenvalue weighted by atomic mass is 10.0. The van der Waals surface area contributed by atoms with Crippen molar-refractivity contribution in [1.82, 2.24) is 4.90 Å². The maximum absolute atomic E-state index is 5.98. The average Bonchev–Trinajstić information content (AvgIpc) is 2.86. The van der Waals surface area contributed by atoms with Gasteiger partial charge in [0.15, 0.2) is 0 Å². The fraction of sp³-hybridized carbons (Fsp3) is 0.412. The lowest BCUT2D eigenvalue weighted by Crippen LogP contribution is -2.30. The molecule has 1 heterocycles. The van der Waals surface area contributed by atoms with Gasteiger partial charge >= 0.3 is 0 Å². The van der Waals surface area contributed by atoms with Crippen molar-refractivity contribution in [3.05, 3.63) is 59.0 Å². The van der Waals surface area contributed by atoms with Gasteiger partial charge in [-0.2, -0.15) is 0 Å². The van der Waals surface area contributed by atoms with E-state index in [1.807, 2.05) is 13.0 Å². The fourth-order valence-corrected chi connectivity index (χ4v) is 2.50. The van der Waals surface area contributed by atoms with Crippen molar-refractivity contribution >= 4 is 0 Å². The Morgan fingerprint density at radius 3 is 2.40 bits per heavy atom. The highest BCUT2D eigenvalue weighted by Gasteiger charge is 2.17. The van der Waals surface area contributed by atoms with E-state index in [-0.39, 0.29) is 6.04 Å². The zero-order chi connectivity index (χ0) is 14.5. The van der Waals surface area contributed by atoms with Crippen LogP contribution in [0.5, 0.6) is 0 Å². The molecule has 1 unspecified atom stereocenters. The average molecular weight is 272 g/mol. The summed E-state index contributed by atoms with van der Waals surface area (Å²) in [6.07, 6.45) is 2.81. The van der Waals surface area contributed by atoms with Crippen molar-refractivity contribution in [3.63, 3.8) is 0 Å². The second-order valence-electron chi connectivity index (χ2n) is 5.26. The Kier molecular flexibility index (Phi) is 4.99. The van der Waals surface area contributed by atoms with Crippen molar-refractivity contribution in [2.24, 2.45) is 5.73 Å². The summed E-state index contributed by atoms with van der Waals surface area (Å²) in [6, 6.07) is 11.0. The molecule has 3 nitrogen and oxygen atoms in total. The zero-order valence-electron chi connectivity index (χ0n) is 12.6. The lowest BCUT2D eigenvalue weighted by Gasteiger charge is -2.27. The van der Waals surface area contributed by atoms with Crippen molar-refractivity contribution in [2.75, 3.05) is 13.6 Å². The maximum Gasteiger partial charge on any atom is 0.105 e. The third-order valence-corrected chi connectivity index (χ3v) is 3.91. The summed E-state index contributed by atoms with van der Waals surface area (Å²) >= 11 is 0. The normalized spacial score (nSPS) is 12.8. The van der Waals surface area contributed by atoms with Crippen LogP contribution in [0.3, 0.4) is 0 Å². The topological polar surface area (TPSA) is 42.4 Å². The van der Waals surface area contributed by atoms with Gasteiger partial charge in [0.05, 0.1) is 6.26 Å². The molecule has 0 bridgehead atoms. The molecule has 0 saturated heterocycles. The van der Waals surface area contributed by atoms with Crippen LogP contribution < -0.4 is 5.73 Å². The van der Waals surface area contributed by atoms with Crippen LogP contribution in [-0.4, -0.2) is 18.5 Å². The van der Waals surface area contributed by atoms with E-state index in [9.17, 15) is 0 Å². The van der Waals surface area contributed by atoms with E-state index in [0.29, 0.717) is 6.54 Å². The van der Waals surface area contributed by atoms with Gasteiger partial charge in [-0.15, -0.1) is 0 Å². The Morgan fingerprint density at radius 2 is 1.90 bits per heavy atom. The Hall–Kier alpha value is -1.58. The Balaban J connectivity index is 2.12. The summed E-state index contributed by atoms with van der Waals surface area (Å²) in [5, 5.41) is 0. The number of likely N-dealkylation sites (N-methyl/N-ethyl adjacent to an activating group) is 1. The fourth-order valence-electron chi connectivity index (χ4n) is 2.50. The number of aryl methyl sites for hydroxylation is 2. The first-order valence-electron chi connectivity index (χ1n) is 7.17. The molecule has 0 aliphatic heterocycles. The van der Waals surface area contributed by atoms with Gasteiger partial charge in [0.25, 0.3) is 0 Å². The third kappa shape index (κ3) is 3.30. The predicted octanol–water partition coefficient (Wildman–Crippen LogP) is 3.28. The van der Waals surface area contributed by atoms with E-state index >= 15 is 0 Å². The van der Waals surface area contributed by atoms with Gasteiger partial charge in [0, 0.05) is 24.7 Å². The highest BCUT2D eigenvalue weighted by Crippen LogP contribution is 2.22. The molecule has 1 aromatic heterocycles. The molecule has 108 valence electrons. The van der Waals surface area contributed by atoms with E-state index in [0.717, 1.165) is 18.7 Å². The summed E-state index contributed by atoms with van der Waals surface area (Å²) in [7, 11) is 2.11. The second-order valence-corrected chi connectivity index (χ2v) is 5.26. The van der Waals surface area contributed by atoms with Crippen molar-refractivity contribution in [3.8, 4) is 0 Å². The van der Waals surface area contributed by atoms with Crippen molar-refractivity contribution in [1.29, 1.82) is 0 Å². The van der Waals surface area contributed by atoms with E-state index in [1.54, 1.807) is 6.26 Å². The number of benzene rings is 1. The summed E-state index contributed by atoms with van der Waals surface area (Å²) in [5.41, 5.74) is 9.83. The minimum Gasteiger partial charge on any atom is -0.469 e. The van der Waals surface area contributed by atoms with Crippen LogP contribution in [0.4, 0.5) is 0 Å². The lowest BCUT2D eigenvalue weighted by molar-refractivity contribution is 0.240. The predicted molar refractivity (Wildman–Crippen MR) is 82.5 cm³/mol. The minimum absolute atomic E-state index is 0.232. The largest absolute Gasteiger partial charge is 0.469 e. The van der Waals surface area contributed by atoms with E-state index in [4.69, 9.17) is 10.2 Å². The van der Waals surface area contributed by atoms with Crippen LogP contribution in [0.25, 0.3) is 0 Å². The van der Waals surface area contributed by atoms with Gasteiger partial charge in [-0.05, 0) is 37.6 Å². The molecule has 0 aliphatic rings. The number of hydrogen-bond acceptors (Lipinski definition) is 3. The van der Waals surface area contributed by atoms with Crippen LogP contribution in [0.2, 0.25) is 0 Å². The highest BCUT2D eigenvalue weighted by molar-refractivity contribution is 5.26. The maximum atomic E-state index is 5.98. The molecule has 2 aromatic rings. The molecular formula is C17H24N2O. The quantitative estimate of drug-likeness (QED) is 0.877. The van der Waals surface area contributed by atoms with Crippen LogP contribution >= 0.6 is 0 Å². The van der Waals surface area contributed by atoms with Crippen LogP contribution in [-0.2, 0) is 13.0 Å². The smallest absolute Gasteiger partial charge is 0.105 e. The molecular weight excluding hydrogens is 248 g/mol. The summed E-state index contributed by atoms with van der Waals surface area (Å²) in [5.74, 6) is 0.981. The number of nitrogens with zero attached hydrogens (tertiary/aromatic N) is 1. The van der Waals surface area contributed by atoms with Gasteiger partial charge in [-0.3, -0.25) is 4.90 Å². The van der Waals surface area contributed by atoms with Gasteiger partial charge in [0.1, 0.15) is 5.76 Å². The first kappa shape index (κ1) is 14.8. The molecule has 0 amide bonds. The first-order chi connectivity index (χ1) is 9.65. The first-order valence-corrected chi connectivity index (χ1v) is 7.17. The molecule has 20 heavy (non-hydrogen) atoms. The Bertz CT molecular complexity index is 530. The molecule has 1 atom stereocenters. The Labute approximate surface area is 121 Å². The van der Waals surface area contributed by atoms with Crippen molar-refractivity contribution in [2.45, 2.75) is 32.9 Å². The van der Waals surface area contributed by atoms with E-state index < -0.39 is 0 Å². The molecule has 2 rings (SSSR count). The van der Waals surface area contributed by atoms with E-state index in [1.165, 1.54) is 16.7 Å². The molecule has 0 aliphatic carbocycles. The molecule has 0 saturated carbocycles. The van der Waals surface area contributed by atoms with E-state index in [2.05, 4.69) is 43.1 Å². The van der Waals surface area contributed by atoms with Gasteiger partial charge in [-0.25, -0.2) is 0 Å². The molecule has 0 fully saturated rings. The van der Waals surface area contributed by atoms with Gasteiger partial charge in [0.2, 0.25) is 0 Å². The van der Waals surface area contributed by atoms with Crippen molar-refractivity contribution < 1.29 is 4.42 Å². The third-order valence-electron chi connectivity index (χ3n) is 3.91. The molecule has 0 spiro atoms. The van der Waals surface area contributed by atoms with Crippen LogP contribution in [0, 0.1) is 6.92 Å². The van der Waals surface area contributed by atoms with Crippen LogP contribution in [0.15, 0.2) is 41.0 Å². The minimum atomic E-state index is 0.232. The zero-order valence-corrected chi connectivity index (χ0v) is 12.6. The number of rotatable bonds is 6. The SMILES string of the molecule is CCc1ccc(C(CN)N(C)Cc2ccoc2C)cc1. The molecule has 1 aromatic carbocycles. The summed E-state index contributed by atoms with van der Waals surface area (Å²) < 4.78 is 5.36. The van der Waals surface area contributed by atoms with Crippen LogP contribution in [0.1, 0.15) is 35.4 Å². The summed E-state index contributed by atoms with van der Waals surface area (Å²) in [6.45, 7) is 5.62. The molecule has 2 N–H and O–H groups in total. The standard InChI is InChI=1S/C17H24N2O/c1-4-14-5-7-15(8-6-14)17(11-18)19(3)12-16-9-10-20-13(16)2/h5-10,17H,4,11-12,18H2,1-3H3. The highest BCUT2D eigenvalue weighted by atomic mass is 16.3. The van der Waals surface area contributed by atoms with Gasteiger partial charge < -0.3 is 10.2 Å². The molecule has 0 radical (unpaired) electrons.